The Labute approximate surface area is 220 Å². The lowest BCUT2D eigenvalue weighted by Gasteiger charge is -2.47. The number of rotatable bonds is 7. The van der Waals surface area contributed by atoms with E-state index >= 15 is 0 Å². The van der Waals surface area contributed by atoms with Gasteiger partial charge in [-0.3, -0.25) is 9.59 Å². The van der Waals surface area contributed by atoms with Crippen LogP contribution in [0.25, 0.3) is 17.1 Å². The second-order valence-electron chi connectivity index (χ2n) is 10.0. The smallest absolute Gasteiger partial charge is 0.311 e. The van der Waals surface area contributed by atoms with E-state index in [9.17, 15) is 22.4 Å². The van der Waals surface area contributed by atoms with E-state index in [1.165, 1.54) is 36.5 Å². The number of fused-ring (bicyclic) bond motifs is 4. The lowest BCUT2D eigenvalue weighted by molar-refractivity contribution is -0.156. The second kappa shape index (κ2) is 10.3. The third-order valence-electron chi connectivity index (χ3n) is 7.69. The summed E-state index contributed by atoms with van der Waals surface area (Å²) in [4.78, 5) is 29.8. The van der Waals surface area contributed by atoms with Gasteiger partial charge in [0.25, 0.3) is 10.0 Å². The van der Waals surface area contributed by atoms with Gasteiger partial charge in [-0.05, 0) is 75.6 Å². The van der Waals surface area contributed by atoms with E-state index in [1.807, 2.05) is 6.92 Å². The predicted octanol–water partition coefficient (Wildman–Crippen LogP) is 4.22. The number of nitrogens with one attached hydrogen (secondary N) is 1. The summed E-state index contributed by atoms with van der Waals surface area (Å²) in [7, 11) is -4.02. The zero-order valence-corrected chi connectivity index (χ0v) is 22.1. The molecule has 2 heterocycles. The zero-order chi connectivity index (χ0) is 27.0. The Kier molecular flexibility index (Phi) is 7.09. The Hall–Kier alpha value is -3.53. The van der Waals surface area contributed by atoms with Crippen molar-refractivity contribution in [3.8, 4) is 0 Å². The van der Waals surface area contributed by atoms with Gasteiger partial charge in [0.2, 0.25) is 5.91 Å². The summed E-state index contributed by atoms with van der Waals surface area (Å²) in [6, 6.07) is 7.26. The number of ether oxygens (including phenoxy) is 1. The summed E-state index contributed by atoms with van der Waals surface area (Å²) in [6.07, 6.45) is 8.81. The van der Waals surface area contributed by atoms with Crippen LogP contribution in [0.15, 0.2) is 53.7 Å². The van der Waals surface area contributed by atoms with Crippen molar-refractivity contribution in [2.75, 3.05) is 6.61 Å². The summed E-state index contributed by atoms with van der Waals surface area (Å²) >= 11 is 0. The first-order chi connectivity index (χ1) is 18.2. The van der Waals surface area contributed by atoms with Crippen molar-refractivity contribution in [2.24, 2.45) is 17.8 Å². The minimum Gasteiger partial charge on any atom is -0.466 e. The van der Waals surface area contributed by atoms with Crippen LogP contribution in [-0.4, -0.2) is 41.9 Å². The maximum Gasteiger partial charge on any atom is 0.311 e. The molecule has 6 rings (SSSR count). The molecule has 0 spiro atoms. The molecule has 10 heteroatoms. The molecule has 0 unspecified atom stereocenters. The summed E-state index contributed by atoms with van der Waals surface area (Å²) in [6.45, 7) is 3.91. The first-order valence-corrected chi connectivity index (χ1v) is 14.3. The minimum absolute atomic E-state index is 0.0546. The Balaban J connectivity index is 1.44. The van der Waals surface area contributed by atoms with Crippen molar-refractivity contribution < 1.29 is 27.1 Å². The summed E-state index contributed by atoms with van der Waals surface area (Å²) < 4.78 is 47.1. The molecule has 200 valence electrons. The molecule has 1 aromatic carbocycles. The largest absolute Gasteiger partial charge is 0.466 e. The van der Waals surface area contributed by atoms with Crippen LogP contribution >= 0.6 is 0 Å². The molecule has 3 aromatic rings. The lowest BCUT2D eigenvalue weighted by Crippen LogP contribution is -2.56. The highest BCUT2D eigenvalue weighted by Gasteiger charge is 2.48. The molecule has 0 saturated heterocycles. The van der Waals surface area contributed by atoms with Gasteiger partial charge in [0.1, 0.15) is 5.82 Å². The number of hydrogen-bond acceptors (Lipinski definition) is 6. The molecule has 0 aliphatic heterocycles. The fraction of sp³-hybridized carbons (Fsp3) is 0.393. The summed E-state index contributed by atoms with van der Waals surface area (Å²) in [5, 5.41) is 3.25. The Morgan fingerprint density at radius 2 is 1.84 bits per heavy atom. The molecule has 1 amide bonds. The Morgan fingerprint density at radius 1 is 1.16 bits per heavy atom. The number of carbonyl (C=O) groups is 2. The van der Waals surface area contributed by atoms with Gasteiger partial charge in [0, 0.05) is 29.3 Å². The van der Waals surface area contributed by atoms with E-state index in [2.05, 4.69) is 10.3 Å². The molecule has 0 radical (unpaired) electrons. The molecule has 1 N–H and O–H groups in total. The fourth-order valence-electron chi connectivity index (χ4n) is 5.83. The number of nitrogens with zero attached hydrogens (tertiary/aromatic N) is 2. The van der Waals surface area contributed by atoms with Crippen molar-refractivity contribution in [1.29, 1.82) is 0 Å². The molecule has 2 bridgehead atoms. The van der Waals surface area contributed by atoms with Gasteiger partial charge in [-0.2, -0.15) is 0 Å². The topological polar surface area (TPSA) is 107 Å². The van der Waals surface area contributed by atoms with Gasteiger partial charge in [-0.25, -0.2) is 21.8 Å². The first-order valence-electron chi connectivity index (χ1n) is 12.8. The Morgan fingerprint density at radius 3 is 2.53 bits per heavy atom. The van der Waals surface area contributed by atoms with Gasteiger partial charge in [-0.1, -0.05) is 17.7 Å². The number of hydrogen-bond donors (Lipinski definition) is 1. The SMILES string of the molecule is CCOC(=O)[C@H]1C2CCC(CC2)[C@@H]1NC(=O)/C=C/c1cn(S(=O)(=O)c2ccc(C)cc2)c2ncc(F)cc12. The third-order valence-corrected chi connectivity index (χ3v) is 9.35. The monoisotopic (exact) mass is 539 g/mol. The summed E-state index contributed by atoms with van der Waals surface area (Å²) in [5.74, 6) is -1.30. The van der Waals surface area contributed by atoms with Crippen molar-refractivity contribution in [3.63, 3.8) is 0 Å². The Bertz CT molecular complexity index is 1510. The predicted molar refractivity (Wildman–Crippen MR) is 140 cm³/mol. The van der Waals surface area contributed by atoms with E-state index < -0.39 is 21.7 Å². The van der Waals surface area contributed by atoms with Crippen LogP contribution in [0.4, 0.5) is 4.39 Å². The number of pyridine rings is 1. The van der Waals surface area contributed by atoms with Crippen LogP contribution in [-0.2, 0) is 24.3 Å². The quantitative estimate of drug-likeness (QED) is 0.356. The normalized spacial score (nSPS) is 23.1. The van der Waals surface area contributed by atoms with Crippen LogP contribution in [0, 0.1) is 30.5 Å². The molecule has 3 aliphatic carbocycles. The van der Waals surface area contributed by atoms with Crippen LogP contribution in [0.1, 0.15) is 43.7 Å². The molecule has 3 aliphatic rings. The second-order valence-corrected chi connectivity index (χ2v) is 11.9. The van der Waals surface area contributed by atoms with Gasteiger partial charge >= 0.3 is 5.97 Å². The fourth-order valence-corrected chi connectivity index (χ4v) is 7.16. The number of halogens is 1. The van der Waals surface area contributed by atoms with Crippen LogP contribution in [0.2, 0.25) is 0 Å². The number of aromatic nitrogens is 2. The maximum absolute atomic E-state index is 14.1. The van der Waals surface area contributed by atoms with Crippen molar-refractivity contribution >= 4 is 39.0 Å². The number of aryl methyl sites for hydroxylation is 1. The zero-order valence-electron chi connectivity index (χ0n) is 21.3. The van der Waals surface area contributed by atoms with Crippen LogP contribution in [0.3, 0.4) is 0 Å². The highest BCUT2D eigenvalue weighted by atomic mass is 32.2. The molecular weight excluding hydrogens is 509 g/mol. The van der Waals surface area contributed by atoms with E-state index in [-0.39, 0.29) is 52.3 Å². The van der Waals surface area contributed by atoms with Crippen LogP contribution in [0.5, 0.6) is 0 Å². The standard InChI is InChI=1S/C28H30FN3O5S/c1-3-37-28(34)25-18-6-8-19(9-7-18)26(25)31-24(33)13-10-20-16-32(27-23(20)14-21(29)15-30-27)38(35,36)22-11-4-17(2)5-12-22/h4-5,10-16,18-19,25-26H,3,6-9H2,1-2H3,(H,31,33)/b13-10+/t18?,19?,25-,26-/m0/s1. The van der Waals surface area contributed by atoms with E-state index in [0.717, 1.165) is 41.4 Å². The molecule has 3 saturated carbocycles. The highest BCUT2D eigenvalue weighted by Crippen LogP contribution is 2.45. The van der Waals surface area contributed by atoms with Gasteiger partial charge < -0.3 is 10.1 Å². The first kappa shape index (κ1) is 26.1. The average molecular weight is 540 g/mol. The molecule has 8 nitrogen and oxygen atoms in total. The molecule has 38 heavy (non-hydrogen) atoms. The highest BCUT2D eigenvalue weighted by molar-refractivity contribution is 7.90. The third kappa shape index (κ3) is 4.84. The number of esters is 1. The minimum atomic E-state index is -4.02. The van der Waals surface area contributed by atoms with Crippen LogP contribution < -0.4 is 5.32 Å². The molecule has 3 fully saturated rings. The van der Waals surface area contributed by atoms with E-state index in [0.29, 0.717) is 5.56 Å². The van der Waals surface area contributed by atoms with Crippen molar-refractivity contribution in [3.05, 3.63) is 65.7 Å². The summed E-state index contributed by atoms with van der Waals surface area (Å²) in [5.41, 5.74) is 1.29. The van der Waals surface area contributed by atoms with E-state index in [4.69, 9.17) is 4.74 Å². The van der Waals surface area contributed by atoms with Gasteiger partial charge in [0.05, 0.1) is 23.6 Å². The number of amides is 1. The van der Waals surface area contributed by atoms with E-state index in [1.54, 1.807) is 19.1 Å². The van der Waals surface area contributed by atoms with Crippen molar-refractivity contribution in [1.82, 2.24) is 14.3 Å². The molecule has 2 atom stereocenters. The number of benzene rings is 1. The maximum atomic E-state index is 14.1. The molecule has 2 aromatic heterocycles. The van der Waals surface area contributed by atoms with Gasteiger partial charge in [-0.15, -0.1) is 0 Å². The van der Waals surface area contributed by atoms with Gasteiger partial charge in [0.15, 0.2) is 5.65 Å². The molecular formula is C28H30FN3O5S. The average Bonchev–Trinajstić information content (AvgIpc) is 3.27. The lowest BCUT2D eigenvalue weighted by atomic mass is 9.61. The number of carbonyl (C=O) groups excluding carboxylic acids is 2. The van der Waals surface area contributed by atoms with Crippen molar-refractivity contribution in [2.45, 2.75) is 50.5 Å².